The van der Waals surface area contributed by atoms with Crippen molar-refractivity contribution in [2.45, 2.75) is 31.2 Å². The molecule has 9 heteroatoms. The number of nitrogens with one attached hydrogen (secondary N) is 3. The van der Waals surface area contributed by atoms with E-state index < -0.39 is 30.1 Å². The number of carbonyl (C=O) groups excluding carboxylic acids is 2. The van der Waals surface area contributed by atoms with Crippen molar-refractivity contribution in [2.75, 3.05) is 11.9 Å². The number of benzene rings is 2. The zero-order valence-corrected chi connectivity index (χ0v) is 16.6. The number of carbonyl (C=O) groups is 2. The molecule has 0 aromatic heterocycles. The lowest BCUT2D eigenvalue weighted by Crippen LogP contribution is -2.50. The van der Waals surface area contributed by atoms with E-state index in [4.69, 9.17) is 4.74 Å². The van der Waals surface area contributed by atoms with E-state index in [1.54, 1.807) is 30.4 Å². The third kappa shape index (κ3) is 6.59. The molecule has 0 aliphatic carbocycles. The third-order valence-corrected chi connectivity index (χ3v) is 4.67. The first-order valence-corrected chi connectivity index (χ1v) is 9.72. The fraction of sp³-hybridized carbons (Fsp3) is 0.273. The Morgan fingerprint density at radius 1 is 1.03 bits per heavy atom. The maximum absolute atomic E-state index is 13.7. The van der Waals surface area contributed by atoms with Crippen LogP contribution in [0.3, 0.4) is 0 Å². The van der Waals surface area contributed by atoms with Crippen molar-refractivity contribution < 1.29 is 28.2 Å². The summed E-state index contributed by atoms with van der Waals surface area (Å²) in [6.45, 7) is -0.137. The average Bonchev–Trinajstić information content (AvgIpc) is 2.76. The van der Waals surface area contributed by atoms with E-state index in [9.17, 15) is 23.5 Å². The van der Waals surface area contributed by atoms with Gasteiger partial charge in [-0.1, -0.05) is 36.4 Å². The highest BCUT2D eigenvalue weighted by molar-refractivity contribution is 5.89. The van der Waals surface area contributed by atoms with E-state index in [2.05, 4.69) is 16.0 Å². The molecular weight excluding hydrogens is 408 g/mol. The number of urea groups is 1. The summed E-state index contributed by atoms with van der Waals surface area (Å²) >= 11 is 0. The molecule has 1 aliphatic rings. The number of ether oxygens (including phenoxy) is 1. The molecule has 3 rings (SSSR count). The van der Waals surface area contributed by atoms with Crippen LogP contribution in [0.5, 0.6) is 0 Å². The summed E-state index contributed by atoms with van der Waals surface area (Å²) in [6.07, 6.45) is 1.91. The molecular formula is C22H23F2N3O4. The summed E-state index contributed by atoms with van der Waals surface area (Å²) in [5.41, 5.74) is 0.783. The standard InChI is InChI=1S/C22H23F2N3O4/c23-15-7-5-14(6-8-15)12-25-21(29)11-16-9-10-19(20(13-28)31-16)27-22(30)26-18-4-2-1-3-17(18)24/h1-10,16,19-20,28H,11-13H2,(H,25,29)(H2,26,27,30)/t16-,19+,20-/m0/s1. The van der Waals surface area contributed by atoms with Crippen molar-refractivity contribution in [1.29, 1.82) is 0 Å². The van der Waals surface area contributed by atoms with Crippen LogP contribution in [0, 0.1) is 11.6 Å². The van der Waals surface area contributed by atoms with E-state index in [1.165, 1.54) is 30.3 Å². The van der Waals surface area contributed by atoms with Crippen LogP contribution in [-0.2, 0) is 16.1 Å². The van der Waals surface area contributed by atoms with Crippen LogP contribution in [0.1, 0.15) is 12.0 Å². The summed E-state index contributed by atoms with van der Waals surface area (Å²) in [4.78, 5) is 24.3. The highest BCUT2D eigenvalue weighted by Crippen LogP contribution is 2.17. The number of aliphatic hydroxyl groups is 1. The Labute approximate surface area is 178 Å². The van der Waals surface area contributed by atoms with E-state index >= 15 is 0 Å². The zero-order chi connectivity index (χ0) is 22.2. The van der Waals surface area contributed by atoms with Gasteiger partial charge in [-0.05, 0) is 29.8 Å². The molecule has 3 amide bonds. The van der Waals surface area contributed by atoms with Crippen LogP contribution < -0.4 is 16.0 Å². The topological polar surface area (TPSA) is 99.7 Å². The summed E-state index contributed by atoms with van der Waals surface area (Å²) in [7, 11) is 0. The minimum Gasteiger partial charge on any atom is -0.394 e. The molecule has 0 saturated carbocycles. The van der Waals surface area contributed by atoms with Crippen LogP contribution in [-0.4, -0.2) is 41.9 Å². The van der Waals surface area contributed by atoms with Crippen molar-refractivity contribution in [2.24, 2.45) is 0 Å². The first kappa shape index (κ1) is 22.4. The van der Waals surface area contributed by atoms with Gasteiger partial charge < -0.3 is 25.8 Å². The number of halogens is 2. The maximum Gasteiger partial charge on any atom is 0.319 e. The summed E-state index contributed by atoms with van der Waals surface area (Å²) < 4.78 is 32.3. The van der Waals surface area contributed by atoms with Crippen molar-refractivity contribution in [3.63, 3.8) is 0 Å². The third-order valence-electron chi connectivity index (χ3n) is 4.67. The molecule has 0 bridgehead atoms. The quantitative estimate of drug-likeness (QED) is 0.506. The molecule has 1 heterocycles. The first-order valence-electron chi connectivity index (χ1n) is 9.72. The molecule has 2 aromatic rings. The molecule has 0 fully saturated rings. The molecule has 2 aromatic carbocycles. The highest BCUT2D eigenvalue weighted by atomic mass is 19.1. The number of hydrogen-bond acceptors (Lipinski definition) is 4. The summed E-state index contributed by atoms with van der Waals surface area (Å²) in [5.74, 6) is -1.20. The number of anilines is 1. The Hall–Kier alpha value is -3.30. The van der Waals surface area contributed by atoms with Crippen LogP contribution in [0.4, 0.5) is 19.3 Å². The number of aliphatic hydroxyl groups excluding tert-OH is 1. The smallest absolute Gasteiger partial charge is 0.319 e. The molecule has 1 aliphatic heterocycles. The number of amides is 3. The molecule has 0 saturated heterocycles. The lowest BCUT2D eigenvalue weighted by molar-refractivity contribution is -0.125. The van der Waals surface area contributed by atoms with Gasteiger partial charge in [0.05, 0.1) is 30.9 Å². The number of rotatable bonds is 7. The molecule has 3 atom stereocenters. The molecule has 0 spiro atoms. The Morgan fingerprint density at radius 2 is 1.77 bits per heavy atom. The Bertz CT molecular complexity index is 937. The summed E-state index contributed by atoms with van der Waals surface area (Å²) in [6, 6.07) is 10.2. The minimum absolute atomic E-state index is 0.0162. The fourth-order valence-corrected chi connectivity index (χ4v) is 3.07. The fourth-order valence-electron chi connectivity index (χ4n) is 3.07. The lowest BCUT2D eigenvalue weighted by Gasteiger charge is -2.31. The van der Waals surface area contributed by atoms with Crippen molar-refractivity contribution >= 4 is 17.6 Å². The van der Waals surface area contributed by atoms with Gasteiger partial charge in [-0.15, -0.1) is 0 Å². The van der Waals surface area contributed by atoms with E-state index in [1.807, 2.05) is 0 Å². The van der Waals surface area contributed by atoms with Gasteiger partial charge in [0, 0.05) is 6.54 Å². The predicted molar refractivity (Wildman–Crippen MR) is 110 cm³/mol. The van der Waals surface area contributed by atoms with Crippen molar-refractivity contribution in [3.8, 4) is 0 Å². The zero-order valence-electron chi connectivity index (χ0n) is 16.6. The predicted octanol–water partition coefficient (Wildman–Crippen LogP) is 2.48. The molecule has 4 N–H and O–H groups in total. The van der Waals surface area contributed by atoms with E-state index in [0.717, 1.165) is 5.56 Å². The molecule has 7 nitrogen and oxygen atoms in total. The first-order chi connectivity index (χ1) is 14.9. The second-order valence-corrected chi connectivity index (χ2v) is 6.99. The van der Waals surface area contributed by atoms with Gasteiger partial charge in [-0.3, -0.25) is 4.79 Å². The minimum atomic E-state index is -0.772. The van der Waals surface area contributed by atoms with E-state index in [0.29, 0.717) is 0 Å². The molecule has 0 unspecified atom stereocenters. The molecule has 0 radical (unpaired) electrons. The second-order valence-electron chi connectivity index (χ2n) is 6.99. The van der Waals surface area contributed by atoms with Gasteiger partial charge in [-0.2, -0.15) is 0 Å². The second kappa shape index (κ2) is 10.6. The number of hydrogen-bond donors (Lipinski definition) is 4. The van der Waals surface area contributed by atoms with Gasteiger partial charge in [-0.25, -0.2) is 13.6 Å². The Balaban J connectivity index is 1.49. The van der Waals surface area contributed by atoms with Crippen LogP contribution in [0.25, 0.3) is 0 Å². The Morgan fingerprint density at radius 3 is 2.48 bits per heavy atom. The van der Waals surface area contributed by atoms with Crippen LogP contribution in [0.15, 0.2) is 60.7 Å². The summed E-state index contributed by atoms with van der Waals surface area (Å²) in [5, 5.41) is 17.3. The molecule has 31 heavy (non-hydrogen) atoms. The van der Waals surface area contributed by atoms with Crippen LogP contribution in [0.2, 0.25) is 0 Å². The van der Waals surface area contributed by atoms with Gasteiger partial charge in [0.2, 0.25) is 5.91 Å². The van der Waals surface area contributed by atoms with Crippen molar-refractivity contribution in [3.05, 3.63) is 77.9 Å². The van der Waals surface area contributed by atoms with Crippen LogP contribution >= 0.6 is 0 Å². The van der Waals surface area contributed by atoms with Crippen molar-refractivity contribution in [1.82, 2.24) is 10.6 Å². The highest BCUT2D eigenvalue weighted by Gasteiger charge is 2.29. The monoisotopic (exact) mass is 431 g/mol. The average molecular weight is 431 g/mol. The SMILES string of the molecule is O=C(C[C@@H]1C=C[C@@H](NC(=O)Nc2ccccc2F)[C@H](CO)O1)NCc1ccc(F)cc1. The largest absolute Gasteiger partial charge is 0.394 e. The van der Waals surface area contributed by atoms with Gasteiger partial charge in [0.15, 0.2) is 0 Å². The Kier molecular flexibility index (Phi) is 7.69. The number of para-hydroxylation sites is 1. The van der Waals surface area contributed by atoms with Gasteiger partial charge >= 0.3 is 6.03 Å². The van der Waals surface area contributed by atoms with Gasteiger partial charge in [0.1, 0.15) is 17.7 Å². The maximum atomic E-state index is 13.7. The van der Waals surface area contributed by atoms with Gasteiger partial charge in [0.25, 0.3) is 0 Å². The normalized spacial score (nSPS) is 20.2. The lowest BCUT2D eigenvalue weighted by atomic mass is 10.0. The van der Waals surface area contributed by atoms with E-state index in [-0.39, 0.29) is 37.0 Å². The molecule has 164 valence electrons.